The summed E-state index contributed by atoms with van der Waals surface area (Å²) in [7, 11) is 0. The summed E-state index contributed by atoms with van der Waals surface area (Å²) in [6.45, 7) is 5.18. The monoisotopic (exact) mass is 314 g/mol. The normalized spacial score (nSPS) is 21.5. The third-order valence-corrected chi connectivity index (χ3v) is 3.50. The number of amides is 1. The van der Waals surface area contributed by atoms with Crippen LogP contribution in [0.4, 0.5) is 11.4 Å². The number of rotatable bonds is 2. The van der Waals surface area contributed by atoms with E-state index in [2.05, 4.69) is 5.32 Å². The van der Waals surface area contributed by atoms with E-state index in [0.29, 0.717) is 13.1 Å². The topological polar surface area (TPSA) is 102 Å². The van der Waals surface area contributed by atoms with Gasteiger partial charge in [-0.05, 0) is 19.9 Å². The van der Waals surface area contributed by atoms with Gasteiger partial charge in [0, 0.05) is 43.0 Å². The van der Waals surface area contributed by atoms with Crippen LogP contribution in [0.3, 0.4) is 0 Å². The van der Waals surface area contributed by atoms with Gasteiger partial charge in [-0.3, -0.25) is 14.9 Å². The summed E-state index contributed by atoms with van der Waals surface area (Å²) in [6, 6.07) is 4.17. The van der Waals surface area contributed by atoms with E-state index in [1.54, 1.807) is 4.90 Å². The van der Waals surface area contributed by atoms with E-state index in [0.717, 1.165) is 0 Å². The van der Waals surface area contributed by atoms with Gasteiger partial charge in [0.1, 0.15) is 0 Å². The van der Waals surface area contributed by atoms with Crippen LogP contribution in [0, 0.1) is 10.1 Å². The number of hydrogen-bond acceptors (Lipinski definition) is 5. The Morgan fingerprint density at radius 2 is 2.14 bits per heavy atom. The summed E-state index contributed by atoms with van der Waals surface area (Å²) in [5.74, 6) is -0.257. The number of carbonyl (C=O) groups excluding carboxylic acids is 1. The van der Waals surface area contributed by atoms with Gasteiger partial charge in [-0.15, -0.1) is 12.4 Å². The minimum Gasteiger partial charge on any atom is -0.398 e. The van der Waals surface area contributed by atoms with Crippen molar-refractivity contribution in [3.05, 3.63) is 33.9 Å². The third-order valence-electron chi connectivity index (χ3n) is 3.50. The Morgan fingerprint density at radius 3 is 2.76 bits per heavy atom. The van der Waals surface area contributed by atoms with Crippen LogP contribution >= 0.6 is 12.4 Å². The molecule has 0 bridgehead atoms. The summed E-state index contributed by atoms with van der Waals surface area (Å²) in [4.78, 5) is 24.5. The highest BCUT2D eigenvalue weighted by molar-refractivity contribution is 6.00. The Kier molecular flexibility index (Phi) is 5.51. The lowest BCUT2D eigenvalue weighted by atomic mass is 10.1. The maximum atomic E-state index is 12.5. The standard InChI is InChI=1S/C13H18N4O3.ClH/c1-8-7-16(9(2)6-15-8)13(18)11-5-10(17(19)20)3-4-12(11)14;/h3-5,8-9,15H,6-7,14H2,1-2H3;1H. The van der Waals surface area contributed by atoms with E-state index in [4.69, 9.17) is 5.73 Å². The van der Waals surface area contributed by atoms with Crippen LogP contribution < -0.4 is 11.1 Å². The van der Waals surface area contributed by atoms with Crippen molar-refractivity contribution in [2.45, 2.75) is 25.9 Å². The molecular weight excluding hydrogens is 296 g/mol. The molecule has 2 atom stereocenters. The van der Waals surface area contributed by atoms with Crippen molar-refractivity contribution >= 4 is 29.7 Å². The lowest BCUT2D eigenvalue weighted by Crippen LogP contribution is -2.56. The Labute approximate surface area is 129 Å². The maximum Gasteiger partial charge on any atom is 0.270 e. The van der Waals surface area contributed by atoms with Crippen LogP contribution in [0.15, 0.2) is 18.2 Å². The molecule has 1 fully saturated rings. The molecule has 8 heteroatoms. The predicted octanol–water partition coefficient (Wildman–Crippen LogP) is 1.42. The van der Waals surface area contributed by atoms with Gasteiger partial charge in [0.05, 0.1) is 10.5 Å². The van der Waals surface area contributed by atoms with Gasteiger partial charge >= 0.3 is 0 Å². The number of carbonyl (C=O) groups is 1. The maximum absolute atomic E-state index is 12.5. The Morgan fingerprint density at radius 1 is 1.48 bits per heavy atom. The highest BCUT2D eigenvalue weighted by Gasteiger charge is 2.29. The molecule has 1 heterocycles. The minimum atomic E-state index is -0.528. The average molecular weight is 315 g/mol. The van der Waals surface area contributed by atoms with E-state index in [9.17, 15) is 14.9 Å². The van der Waals surface area contributed by atoms with E-state index in [1.165, 1.54) is 18.2 Å². The second-order valence-electron chi connectivity index (χ2n) is 5.14. The quantitative estimate of drug-likeness (QED) is 0.488. The summed E-state index contributed by atoms with van der Waals surface area (Å²) in [6.07, 6.45) is 0. The Balaban J connectivity index is 0.00000220. The first kappa shape index (κ1) is 17.2. The number of nitrogens with two attached hydrogens (primary N) is 1. The van der Waals surface area contributed by atoms with Crippen LogP contribution in [0.5, 0.6) is 0 Å². The first-order chi connectivity index (χ1) is 9.40. The molecule has 21 heavy (non-hydrogen) atoms. The number of nitrogens with one attached hydrogen (secondary N) is 1. The molecule has 1 aromatic rings. The van der Waals surface area contributed by atoms with E-state index < -0.39 is 4.92 Å². The number of anilines is 1. The van der Waals surface area contributed by atoms with Crippen molar-refractivity contribution in [2.75, 3.05) is 18.8 Å². The molecular formula is C13H19ClN4O3. The average Bonchev–Trinajstić information content (AvgIpc) is 2.41. The number of nitro benzene ring substituents is 1. The fourth-order valence-corrected chi connectivity index (χ4v) is 2.30. The van der Waals surface area contributed by atoms with Gasteiger partial charge in [0.15, 0.2) is 0 Å². The van der Waals surface area contributed by atoms with Gasteiger partial charge in [0.2, 0.25) is 0 Å². The fraction of sp³-hybridized carbons (Fsp3) is 0.462. The molecule has 0 saturated carbocycles. The molecule has 0 spiro atoms. The van der Waals surface area contributed by atoms with Crippen molar-refractivity contribution in [2.24, 2.45) is 0 Å². The number of nitro groups is 1. The molecule has 1 aromatic carbocycles. The van der Waals surface area contributed by atoms with Crippen molar-refractivity contribution in [1.82, 2.24) is 10.2 Å². The van der Waals surface area contributed by atoms with Crippen LogP contribution in [0.1, 0.15) is 24.2 Å². The molecule has 3 N–H and O–H groups in total. The van der Waals surface area contributed by atoms with Crippen molar-refractivity contribution in [3.8, 4) is 0 Å². The molecule has 2 rings (SSSR count). The molecule has 2 unspecified atom stereocenters. The lowest BCUT2D eigenvalue weighted by molar-refractivity contribution is -0.384. The summed E-state index contributed by atoms with van der Waals surface area (Å²) in [5.41, 5.74) is 6.12. The molecule has 1 aliphatic rings. The zero-order valence-electron chi connectivity index (χ0n) is 11.9. The number of non-ortho nitro benzene ring substituents is 1. The van der Waals surface area contributed by atoms with Gasteiger partial charge < -0.3 is 16.0 Å². The predicted molar refractivity (Wildman–Crippen MR) is 82.7 cm³/mol. The minimum absolute atomic E-state index is 0. The van der Waals surface area contributed by atoms with Crippen LogP contribution in [-0.4, -0.2) is 40.9 Å². The smallest absolute Gasteiger partial charge is 0.270 e. The zero-order chi connectivity index (χ0) is 14.9. The first-order valence-electron chi connectivity index (χ1n) is 6.48. The number of halogens is 1. The van der Waals surface area contributed by atoms with Gasteiger partial charge in [-0.2, -0.15) is 0 Å². The number of benzene rings is 1. The molecule has 1 aliphatic heterocycles. The van der Waals surface area contributed by atoms with Crippen molar-refractivity contribution in [3.63, 3.8) is 0 Å². The number of piperazine rings is 1. The Hall–Kier alpha value is -1.86. The number of hydrogen-bond donors (Lipinski definition) is 2. The van der Waals surface area contributed by atoms with Gasteiger partial charge in [-0.25, -0.2) is 0 Å². The molecule has 0 aromatic heterocycles. The van der Waals surface area contributed by atoms with Gasteiger partial charge in [-0.1, -0.05) is 0 Å². The lowest BCUT2D eigenvalue weighted by Gasteiger charge is -2.37. The first-order valence-corrected chi connectivity index (χ1v) is 6.48. The molecule has 7 nitrogen and oxygen atoms in total. The van der Waals surface area contributed by atoms with E-state index >= 15 is 0 Å². The van der Waals surface area contributed by atoms with E-state index in [1.807, 2.05) is 13.8 Å². The molecule has 1 amide bonds. The van der Waals surface area contributed by atoms with Crippen LogP contribution in [-0.2, 0) is 0 Å². The van der Waals surface area contributed by atoms with Gasteiger partial charge in [0.25, 0.3) is 11.6 Å². The summed E-state index contributed by atoms with van der Waals surface area (Å²) in [5, 5.41) is 14.1. The number of nitrogens with zero attached hydrogens (tertiary/aromatic N) is 2. The van der Waals surface area contributed by atoms with Crippen LogP contribution in [0.25, 0.3) is 0 Å². The second kappa shape index (κ2) is 6.73. The van der Waals surface area contributed by atoms with Crippen molar-refractivity contribution < 1.29 is 9.72 Å². The zero-order valence-corrected chi connectivity index (χ0v) is 12.7. The van der Waals surface area contributed by atoms with E-state index in [-0.39, 0.29) is 47.3 Å². The van der Waals surface area contributed by atoms with Crippen molar-refractivity contribution in [1.29, 1.82) is 0 Å². The SMILES string of the molecule is CC1CN(C(=O)c2cc([N+](=O)[O-])ccc2N)C(C)CN1.Cl. The molecule has 1 saturated heterocycles. The molecule has 116 valence electrons. The highest BCUT2D eigenvalue weighted by atomic mass is 35.5. The second-order valence-corrected chi connectivity index (χ2v) is 5.14. The summed E-state index contributed by atoms with van der Waals surface area (Å²) >= 11 is 0. The fourth-order valence-electron chi connectivity index (χ4n) is 2.30. The highest BCUT2D eigenvalue weighted by Crippen LogP contribution is 2.22. The Bertz CT molecular complexity index is 552. The molecule has 0 aliphatic carbocycles. The van der Waals surface area contributed by atoms with Crippen LogP contribution in [0.2, 0.25) is 0 Å². The largest absolute Gasteiger partial charge is 0.398 e. The summed E-state index contributed by atoms with van der Waals surface area (Å²) < 4.78 is 0. The molecule has 0 radical (unpaired) electrons. The third kappa shape index (κ3) is 3.62. The number of nitrogen functional groups attached to an aromatic ring is 1.